The molecule has 0 aliphatic carbocycles. The minimum absolute atomic E-state index is 0.929. The van der Waals surface area contributed by atoms with Crippen molar-refractivity contribution in [1.29, 1.82) is 0 Å². The minimum Gasteiger partial charge on any atom is -0.495 e. The fourth-order valence-electron chi connectivity index (χ4n) is 4.07. The predicted octanol–water partition coefficient (Wildman–Crippen LogP) is 5.06. The summed E-state index contributed by atoms with van der Waals surface area (Å²) in [6.45, 7) is 2.21. The maximum atomic E-state index is 5.73. The molecule has 0 amide bonds. The summed E-state index contributed by atoms with van der Waals surface area (Å²) in [6, 6.07) is 16.9. The van der Waals surface area contributed by atoms with Crippen LogP contribution in [0.15, 0.2) is 60.9 Å². The van der Waals surface area contributed by atoms with E-state index in [0.717, 1.165) is 51.8 Å². The molecule has 0 bridgehead atoms. The van der Waals surface area contributed by atoms with E-state index in [2.05, 4.69) is 57.3 Å². The minimum atomic E-state index is 0.929. The van der Waals surface area contributed by atoms with Crippen LogP contribution in [0.1, 0.15) is 12.8 Å². The number of fused-ring (bicyclic) bond motifs is 3. The summed E-state index contributed by atoms with van der Waals surface area (Å²) in [5.41, 5.74) is 5.35. The second-order valence-corrected chi connectivity index (χ2v) is 6.98. The average molecular weight is 355 g/mol. The summed E-state index contributed by atoms with van der Waals surface area (Å²) < 4.78 is 5.73. The molecule has 27 heavy (non-hydrogen) atoms. The molecule has 0 radical (unpaired) electrons. The Hall–Kier alpha value is -3.14. The lowest BCUT2D eigenvalue weighted by molar-refractivity contribution is 0.415. The molecule has 4 heteroatoms. The summed E-state index contributed by atoms with van der Waals surface area (Å²) in [7, 11) is 1.75. The summed E-state index contributed by atoms with van der Waals surface area (Å²) in [5.74, 6) is 0.929. The number of methoxy groups -OCH3 is 1. The monoisotopic (exact) mass is 355 g/mol. The van der Waals surface area contributed by atoms with E-state index in [1.54, 1.807) is 7.11 Å². The number of hydrogen-bond acceptors (Lipinski definition) is 4. The number of pyridine rings is 2. The summed E-state index contributed by atoms with van der Waals surface area (Å²) in [5, 5.41) is 2.22. The van der Waals surface area contributed by atoms with Crippen molar-refractivity contribution in [2.24, 2.45) is 0 Å². The fraction of sp³-hybridized carbons (Fsp3) is 0.217. The van der Waals surface area contributed by atoms with Crippen molar-refractivity contribution in [2.75, 3.05) is 25.1 Å². The third kappa shape index (κ3) is 2.69. The highest BCUT2D eigenvalue weighted by Gasteiger charge is 2.17. The predicted molar refractivity (Wildman–Crippen MR) is 110 cm³/mol. The van der Waals surface area contributed by atoms with Gasteiger partial charge >= 0.3 is 0 Å². The van der Waals surface area contributed by atoms with Crippen molar-refractivity contribution in [1.82, 2.24) is 9.97 Å². The molecule has 4 nitrogen and oxygen atoms in total. The largest absolute Gasteiger partial charge is 0.495 e. The van der Waals surface area contributed by atoms with Gasteiger partial charge in [-0.2, -0.15) is 0 Å². The normalized spacial score (nSPS) is 14.2. The summed E-state index contributed by atoms with van der Waals surface area (Å²) in [6.07, 6.45) is 6.19. The molecule has 5 rings (SSSR count). The molecule has 2 aromatic carbocycles. The molecule has 0 spiro atoms. The van der Waals surface area contributed by atoms with E-state index in [1.165, 1.54) is 18.5 Å². The fourth-order valence-corrected chi connectivity index (χ4v) is 4.07. The highest BCUT2D eigenvalue weighted by Crippen LogP contribution is 2.37. The Morgan fingerprint density at radius 2 is 1.74 bits per heavy atom. The molecule has 0 atom stereocenters. The number of anilines is 1. The number of nitrogens with zero attached hydrogens (tertiary/aromatic N) is 3. The van der Waals surface area contributed by atoms with Gasteiger partial charge in [-0.15, -0.1) is 0 Å². The first-order valence-electron chi connectivity index (χ1n) is 9.41. The molecule has 1 saturated heterocycles. The second-order valence-electron chi connectivity index (χ2n) is 6.98. The standard InChI is InChI=1S/C23H21N3O/c1-27-21-15-17(7-9-20(21)26-13-2-3-14-26)18-10-12-25-23-19(18)8-6-16-5-4-11-24-22(16)23/h4-12,15H,2-3,13-14H2,1H3. The van der Waals surface area contributed by atoms with E-state index in [0.29, 0.717) is 0 Å². The zero-order chi connectivity index (χ0) is 18.2. The molecule has 1 fully saturated rings. The number of ether oxygens (including phenoxy) is 1. The van der Waals surface area contributed by atoms with Gasteiger partial charge in [0.25, 0.3) is 0 Å². The van der Waals surface area contributed by atoms with Gasteiger partial charge in [-0.1, -0.05) is 24.3 Å². The maximum Gasteiger partial charge on any atom is 0.142 e. The molecular formula is C23H21N3O. The van der Waals surface area contributed by atoms with Gasteiger partial charge in [0.1, 0.15) is 5.75 Å². The first-order chi connectivity index (χ1) is 13.3. The van der Waals surface area contributed by atoms with Crippen molar-refractivity contribution in [3.8, 4) is 16.9 Å². The summed E-state index contributed by atoms with van der Waals surface area (Å²) >= 11 is 0. The summed E-state index contributed by atoms with van der Waals surface area (Å²) in [4.78, 5) is 11.6. The first-order valence-corrected chi connectivity index (χ1v) is 9.41. The number of benzene rings is 2. The van der Waals surface area contributed by atoms with E-state index in [9.17, 15) is 0 Å². The van der Waals surface area contributed by atoms with Gasteiger partial charge in [-0.3, -0.25) is 9.97 Å². The Morgan fingerprint density at radius 1 is 0.889 bits per heavy atom. The van der Waals surface area contributed by atoms with E-state index in [1.807, 2.05) is 18.5 Å². The smallest absolute Gasteiger partial charge is 0.142 e. The SMILES string of the molecule is COc1cc(-c2ccnc3c2ccc2cccnc23)ccc1N1CCCC1. The molecule has 3 heterocycles. The molecule has 134 valence electrons. The zero-order valence-electron chi connectivity index (χ0n) is 15.4. The van der Waals surface area contributed by atoms with Crippen LogP contribution in [0.5, 0.6) is 5.75 Å². The third-order valence-corrected chi connectivity index (χ3v) is 5.42. The highest BCUT2D eigenvalue weighted by atomic mass is 16.5. The van der Waals surface area contributed by atoms with Crippen LogP contribution in [0.4, 0.5) is 5.69 Å². The Kier molecular flexibility index (Phi) is 3.89. The average Bonchev–Trinajstić information content (AvgIpc) is 3.27. The van der Waals surface area contributed by atoms with Crippen molar-refractivity contribution in [3.05, 3.63) is 60.9 Å². The molecule has 1 aliphatic rings. The van der Waals surface area contributed by atoms with Gasteiger partial charge in [-0.25, -0.2) is 0 Å². The van der Waals surface area contributed by atoms with Crippen molar-refractivity contribution >= 4 is 27.5 Å². The third-order valence-electron chi connectivity index (χ3n) is 5.42. The molecular weight excluding hydrogens is 334 g/mol. The molecule has 0 N–H and O–H groups in total. The van der Waals surface area contributed by atoms with Gasteiger partial charge in [0.15, 0.2) is 0 Å². The van der Waals surface area contributed by atoms with Crippen LogP contribution in [0.2, 0.25) is 0 Å². The molecule has 0 unspecified atom stereocenters. The van der Waals surface area contributed by atoms with Crippen LogP contribution >= 0.6 is 0 Å². The van der Waals surface area contributed by atoms with Crippen molar-refractivity contribution in [2.45, 2.75) is 12.8 Å². The number of rotatable bonds is 3. The van der Waals surface area contributed by atoms with E-state index in [-0.39, 0.29) is 0 Å². The molecule has 2 aromatic heterocycles. The zero-order valence-corrected chi connectivity index (χ0v) is 15.4. The Morgan fingerprint density at radius 3 is 2.59 bits per heavy atom. The van der Waals surface area contributed by atoms with Gasteiger partial charge in [-0.05, 0) is 48.2 Å². The van der Waals surface area contributed by atoms with Crippen LogP contribution in [-0.4, -0.2) is 30.2 Å². The quantitative estimate of drug-likeness (QED) is 0.482. The van der Waals surface area contributed by atoms with Crippen LogP contribution < -0.4 is 9.64 Å². The Labute approximate surface area is 158 Å². The topological polar surface area (TPSA) is 38.3 Å². The van der Waals surface area contributed by atoms with E-state index < -0.39 is 0 Å². The van der Waals surface area contributed by atoms with Crippen molar-refractivity contribution in [3.63, 3.8) is 0 Å². The molecule has 4 aromatic rings. The van der Waals surface area contributed by atoms with Crippen LogP contribution in [0.3, 0.4) is 0 Å². The number of hydrogen-bond donors (Lipinski definition) is 0. The molecule has 1 aliphatic heterocycles. The second kappa shape index (κ2) is 6.54. The lowest BCUT2D eigenvalue weighted by Crippen LogP contribution is -2.18. The van der Waals surface area contributed by atoms with Crippen LogP contribution in [-0.2, 0) is 0 Å². The van der Waals surface area contributed by atoms with Crippen LogP contribution in [0, 0.1) is 0 Å². The van der Waals surface area contributed by atoms with Crippen LogP contribution in [0.25, 0.3) is 32.9 Å². The van der Waals surface area contributed by atoms with Gasteiger partial charge < -0.3 is 9.64 Å². The first kappa shape index (κ1) is 16.1. The lowest BCUT2D eigenvalue weighted by atomic mass is 9.99. The van der Waals surface area contributed by atoms with Gasteiger partial charge in [0.2, 0.25) is 0 Å². The Bertz CT molecular complexity index is 1130. The van der Waals surface area contributed by atoms with Gasteiger partial charge in [0.05, 0.1) is 23.8 Å². The lowest BCUT2D eigenvalue weighted by Gasteiger charge is -2.21. The molecule has 0 saturated carbocycles. The van der Waals surface area contributed by atoms with E-state index >= 15 is 0 Å². The van der Waals surface area contributed by atoms with E-state index in [4.69, 9.17) is 4.74 Å². The maximum absolute atomic E-state index is 5.73. The number of aromatic nitrogens is 2. The van der Waals surface area contributed by atoms with Gasteiger partial charge in [0, 0.05) is 36.3 Å². The Balaban J connectivity index is 1.68. The highest BCUT2D eigenvalue weighted by molar-refractivity contribution is 6.08. The van der Waals surface area contributed by atoms with Crippen molar-refractivity contribution < 1.29 is 4.74 Å².